The van der Waals surface area contributed by atoms with Crippen LogP contribution in [0.15, 0.2) is 11.6 Å². The van der Waals surface area contributed by atoms with E-state index >= 15 is 0 Å². The van der Waals surface area contributed by atoms with Crippen molar-refractivity contribution in [3.8, 4) is 0 Å². The summed E-state index contributed by atoms with van der Waals surface area (Å²) in [5.41, 5.74) is 1.20. The molecule has 5 heteroatoms. The Kier molecular flexibility index (Phi) is 3.73. The summed E-state index contributed by atoms with van der Waals surface area (Å²) in [5.74, 6) is 2.50. The predicted octanol–water partition coefficient (Wildman–Crippen LogP) is 2.42. The molecule has 4 fully saturated rings. The highest BCUT2D eigenvalue weighted by molar-refractivity contribution is 7.86. The maximum absolute atomic E-state index is 12.9. The lowest BCUT2D eigenvalue weighted by molar-refractivity contribution is -0.132. The van der Waals surface area contributed by atoms with E-state index in [1.165, 1.54) is 5.57 Å². The number of ketones is 2. The molecule has 8 atom stereocenters. The molecule has 0 amide bonds. The van der Waals surface area contributed by atoms with E-state index in [9.17, 15) is 18.9 Å². The number of rotatable bonds is 2. The fourth-order valence-corrected chi connectivity index (χ4v) is 10.1. The van der Waals surface area contributed by atoms with E-state index < -0.39 is 10.8 Å². The summed E-state index contributed by atoms with van der Waals surface area (Å²) in [6, 6.07) is 0. The van der Waals surface area contributed by atoms with Gasteiger partial charge in [-0.05, 0) is 73.3 Å². The van der Waals surface area contributed by atoms with Crippen molar-refractivity contribution in [1.29, 1.82) is 0 Å². The van der Waals surface area contributed by atoms with Gasteiger partial charge in [0.25, 0.3) is 0 Å². The molecule has 5 aliphatic rings. The Hall–Kier alpha value is -0.810. The van der Waals surface area contributed by atoms with E-state index in [2.05, 4.69) is 6.92 Å². The van der Waals surface area contributed by atoms with Crippen molar-refractivity contribution < 1.29 is 18.9 Å². The average Bonchev–Trinajstić information content (AvgIpc) is 3.06. The lowest BCUT2D eigenvalue weighted by atomic mass is 9.46. The summed E-state index contributed by atoms with van der Waals surface area (Å²) in [6.07, 6.45) is 8.31. The van der Waals surface area contributed by atoms with Crippen LogP contribution in [0.2, 0.25) is 0 Å². The molecule has 0 radical (unpaired) electrons. The van der Waals surface area contributed by atoms with Gasteiger partial charge in [-0.15, -0.1) is 0 Å². The molecule has 1 heterocycles. The first-order valence-corrected chi connectivity index (χ1v) is 11.5. The molecule has 0 aromatic rings. The summed E-state index contributed by atoms with van der Waals surface area (Å²) in [7, 11) is -0.857. The third-order valence-corrected chi connectivity index (χ3v) is 10.8. The first-order chi connectivity index (χ1) is 12.4. The topological polar surface area (TPSA) is 71.4 Å². The number of aliphatic hydroxyl groups excluding tert-OH is 1. The van der Waals surface area contributed by atoms with Crippen molar-refractivity contribution in [1.82, 2.24) is 0 Å². The highest BCUT2D eigenvalue weighted by atomic mass is 32.2. The third-order valence-electron chi connectivity index (χ3n) is 8.95. The van der Waals surface area contributed by atoms with Gasteiger partial charge < -0.3 is 5.11 Å². The predicted molar refractivity (Wildman–Crippen MR) is 98.8 cm³/mol. The highest BCUT2D eigenvalue weighted by Gasteiger charge is 2.66. The molecule has 0 aromatic carbocycles. The van der Waals surface area contributed by atoms with Crippen molar-refractivity contribution >= 4 is 22.4 Å². The lowest BCUT2D eigenvalue weighted by Crippen LogP contribution is -2.53. The van der Waals surface area contributed by atoms with Gasteiger partial charge in [0.2, 0.25) is 0 Å². The molecule has 1 N–H and O–H groups in total. The Morgan fingerprint density at radius 2 is 2.08 bits per heavy atom. The molecule has 0 aromatic heterocycles. The van der Waals surface area contributed by atoms with Crippen molar-refractivity contribution in [3.05, 3.63) is 11.6 Å². The number of fused-ring (bicyclic) bond motifs is 3. The summed E-state index contributed by atoms with van der Waals surface area (Å²) in [4.78, 5) is 24.4. The van der Waals surface area contributed by atoms with Crippen LogP contribution in [0.3, 0.4) is 0 Å². The smallest absolute Gasteiger partial charge is 0.161 e. The van der Waals surface area contributed by atoms with Crippen molar-refractivity contribution in [2.45, 2.75) is 57.1 Å². The molecular weight excluding hydrogens is 348 g/mol. The Bertz CT molecular complexity index is 742. The molecule has 2 unspecified atom stereocenters. The average molecular weight is 377 g/mol. The second kappa shape index (κ2) is 5.60. The van der Waals surface area contributed by atoms with Crippen LogP contribution in [0.5, 0.6) is 0 Å². The Morgan fingerprint density at radius 1 is 1.27 bits per heavy atom. The van der Waals surface area contributed by atoms with E-state index in [-0.39, 0.29) is 40.2 Å². The minimum absolute atomic E-state index is 0.00718. The molecule has 26 heavy (non-hydrogen) atoms. The molecule has 4 nitrogen and oxygen atoms in total. The number of carbonyl (C=O) groups is 2. The molecule has 1 aliphatic heterocycles. The zero-order chi connectivity index (χ0) is 18.3. The molecule has 4 aliphatic carbocycles. The van der Waals surface area contributed by atoms with Crippen LogP contribution < -0.4 is 0 Å². The van der Waals surface area contributed by atoms with Gasteiger partial charge in [0.05, 0.1) is 5.25 Å². The quantitative estimate of drug-likeness (QED) is 0.803. The van der Waals surface area contributed by atoms with E-state index in [1.807, 2.05) is 6.08 Å². The van der Waals surface area contributed by atoms with Crippen LogP contribution in [-0.2, 0) is 20.4 Å². The van der Waals surface area contributed by atoms with Crippen LogP contribution in [0, 0.1) is 34.5 Å². The highest BCUT2D eigenvalue weighted by Crippen LogP contribution is 2.69. The minimum Gasteiger partial charge on any atom is -0.389 e. The normalized spacial score (nSPS) is 52.1. The van der Waals surface area contributed by atoms with Gasteiger partial charge in [-0.2, -0.15) is 0 Å². The second-order valence-electron chi connectivity index (χ2n) is 9.65. The maximum Gasteiger partial charge on any atom is 0.161 e. The van der Waals surface area contributed by atoms with Gasteiger partial charge in [-0.1, -0.05) is 6.92 Å². The first kappa shape index (κ1) is 17.3. The van der Waals surface area contributed by atoms with Gasteiger partial charge in [0, 0.05) is 34.3 Å². The number of hydrogen-bond acceptors (Lipinski definition) is 4. The molecular formula is C21H28O4S. The monoisotopic (exact) mass is 376 g/mol. The van der Waals surface area contributed by atoms with Gasteiger partial charge in [0.1, 0.15) is 6.61 Å². The van der Waals surface area contributed by atoms with Crippen molar-refractivity contribution in [3.63, 3.8) is 0 Å². The van der Waals surface area contributed by atoms with E-state index in [0.29, 0.717) is 24.2 Å². The SMILES string of the molecule is C[C@]12CC[C@H]3[C@@H](CC4C5=CC(=O)CC[C@@]53CS4=O)[C@@H]1CC[C@@H]2C(=O)CO. The van der Waals surface area contributed by atoms with Gasteiger partial charge in [0.15, 0.2) is 11.6 Å². The van der Waals surface area contributed by atoms with Crippen LogP contribution in [0.25, 0.3) is 0 Å². The first-order valence-electron chi connectivity index (χ1n) is 10.2. The fraction of sp³-hybridized carbons (Fsp3) is 0.810. The molecule has 5 rings (SSSR count). The van der Waals surface area contributed by atoms with Crippen LogP contribution in [-0.4, -0.2) is 38.5 Å². The van der Waals surface area contributed by atoms with Crippen molar-refractivity contribution in [2.24, 2.45) is 34.5 Å². The Labute approximate surface area is 157 Å². The van der Waals surface area contributed by atoms with Gasteiger partial charge >= 0.3 is 0 Å². The fourth-order valence-electron chi connectivity index (χ4n) is 7.87. The Morgan fingerprint density at radius 3 is 2.85 bits per heavy atom. The van der Waals surface area contributed by atoms with E-state index in [4.69, 9.17) is 0 Å². The van der Waals surface area contributed by atoms with E-state index in [1.54, 1.807) is 0 Å². The third kappa shape index (κ3) is 2.02. The molecule has 0 spiro atoms. The standard InChI is InChI=1S/C21H28O4S/c1-20-6-5-15-13(14(20)2-3-16(20)18(24)10-22)9-19-17-8-12(23)4-7-21(15,17)11-26(19)25/h8,13-16,19,22H,2-7,9-11H2,1H3/t13-,14-,15-,16+,19?,20-,21-,26?/m0/s1. The van der Waals surface area contributed by atoms with Gasteiger partial charge in [-0.25, -0.2) is 0 Å². The Balaban J connectivity index is 1.54. The molecule has 142 valence electrons. The largest absolute Gasteiger partial charge is 0.389 e. The zero-order valence-electron chi connectivity index (χ0n) is 15.4. The van der Waals surface area contributed by atoms with Crippen LogP contribution in [0.4, 0.5) is 0 Å². The van der Waals surface area contributed by atoms with Gasteiger partial charge in [-0.3, -0.25) is 13.8 Å². The molecule has 1 saturated heterocycles. The lowest BCUT2D eigenvalue weighted by Gasteiger charge is -2.57. The number of aliphatic hydroxyl groups is 1. The van der Waals surface area contributed by atoms with E-state index in [0.717, 1.165) is 44.3 Å². The molecule has 3 saturated carbocycles. The summed E-state index contributed by atoms with van der Waals surface area (Å²) in [6.45, 7) is 1.93. The number of Topliss-reactive ketones (excluding diaryl/α,β-unsaturated/α-hetero) is 1. The van der Waals surface area contributed by atoms with Crippen LogP contribution in [0.1, 0.15) is 51.9 Å². The summed E-state index contributed by atoms with van der Waals surface area (Å²) in [5, 5.41) is 9.48. The van der Waals surface area contributed by atoms with Crippen LogP contribution >= 0.6 is 0 Å². The molecule has 2 bridgehead atoms. The van der Waals surface area contributed by atoms with Crippen molar-refractivity contribution in [2.75, 3.05) is 12.4 Å². The maximum atomic E-state index is 12.9. The summed E-state index contributed by atoms with van der Waals surface area (Å²) >= 11 is 0. The number of hydrogen-bond donors (Lipinski definition) is 1. The summed E-state index contributed by atoms with van der Waals surface area (Å²) < 4.78 is 12.9. The zero-order valence-corrected chi connectivity index (χ0v) is 16.2. The minimum atomic E-state index is -0.857. The second-order valence-corrected chi connectivity index (χ2v) is 11.3. The number of carbonyl (C=O) groups excluding carboxylic acids is 2.